The third-order valence-electron chi connectivity index (χ3n) is 4.74. The normalized spacial score (nSPS) is 15.2. The van der Waals surface area contributed by atoms with E-state index in [1.165, 1.54) is 6.20 Å². The van der Waals surface area contributed by atoms with Crippen LogP contribution in [0.5, 0.6) is 0 Å². The number of allylic oxidation sites excluding steroid dienone is 2. The minimum Gasteiger partial charge on any atom is -0.477 e. The summed E-state index contributed by atoms with van der Waals surface area (Å²) < 4.78 is 1.59. The van der Waals surface area contributed by atoms with Gasteiger partial charge in [0.1, 0.15) is 17.1 Å². The highest BCUT2D eigenvalue weighted by Crippen LogP contribution is 2.29. The average Bonchev–Trinajstić information content (AvgIpc) is 3.18. The molecule has 1 aliphatic rings. The number of aromatic nitrogens is 2. The van der Waals surface area contributed by atoms with Crippen molar-refractivity contribution in [3.05, 3.63) is 95.3 Å². The van der Waals surface area contributed by atoms with Crippen molar-refractivity contribution in [2.24, 2.45) is 0 Å². The molecule has 2 aromatic carbocycles. The second kappa shape index (κ2) is 8.08. The number of hydrogen-bond donors (Lipinski definition) is 3. The Morgan fingerprint density at radius 2 is 1.87 bits per heavy atom. The molecule has 0 fully saturated rings. The molecule has 0 spiro atoms. The van der Waals surface area contributed by atoms with Crippen molar-refractivity contribution in [3.8, 4) is 0 Å². The highest BCUT2D eigenvalue weighted by atomic mass is 16.4. The van der Waals surface area contributed by atoms with Gasteiger partial charge in [-0.15, -0.1) is 0 Å². The van der Waals surface area contributed by atoms with E-state index >= 15 is 0 Å². The summed E-state index contributed by atoms with van der Waals surface area (Å²) in [6.45, 7) is 1.96. The fourth-order valence-corrected chi connectivity index (χ4v) is 3.16. The SMILES string of the molecule is Cc1ccc(NC(=O)c2cnn3c2NC(C(=O)O)=C[C@H]3/C=C/c2ccccc2)cc1. The third-order valence-corrected chi connectivity index (χ3v) is 4.74. The Bertz CT molecular complexity index is 1140. The number of rotatable bonds is 5. The Balaban J connectivity index is 1.64. The number of aryl methyl sites for hydroxylation is 1. The molecule has 7 nitrogen and oxygen atoms in total. The van der Waals surface area contributed by atoms with E-state index in [0.29, 0.717) is 11.5 Å². The minimum atomic E-state index is -1.11. The van der Waals surface area contributed by atoms with Crippen LogP contribution in [0, 0.1) is 6.92 Å². The molecule has 0 unspecified atom stereocenters. The van der Waals surface area contributed by atoms with Crippen molar-refractivity contribution in [2.75, 3.05) is 10.6 Å². The third kappa shape index (κ3) is 4.00. The molecule has 1 atom stereocenters. The van der Waals surface area contributed by atoms with Gasteiger partial charge in [0.2, 0.25) is 0 Å². The summed E-state index contributed by atoms with van der Waals surface area (Å²) in [5.74, 6) is -1.14. The first-order chi connectivity index (χ1) is 14.5. The number of anilines is 2. The topological polar surface area (TPSA) is 96.3 Å². The Morgan fingerprint density at radius 1 is 1.13 bits per heavy atom. The molecular formula is C23H20N4O3. The van der Waals surface area contributed by atoms with Crippen molar-refractivity contribution in [1.29, 1.82) is 0 Å². The number of nitrogens with one attached hydrogen (secondary N) is 2. The Morgan fingerprint density at radius 3 is 2.57 bits per heavy atom. The number of carboxylic acids is 1. The van der Waals surface area contributed by atoms with E-state index < -0.39 is 12.0 Å². The summed E-state index contributed by atoms with van der Waals surface area (Å²) in [6, 6.07) is 16.6. The highest BCUT2D eigenvalue weighted by Gasteiger charge is 2.27. The number of nitrogens with zero attached hydrogens (tertiary/aromatic N) is 2. The van der Waals surface area contributed by atoms with Crippen molar-refractivity contribution < 1.29 is 14.7 Å². The molecule has 30 heavy (non-hydrogen) atoms. The van der Waals surface area contributed by atoms with Crippen LogP contribution in [-0.4, -0.2) is 26.8 Å². The van der Waals surface area contributed by atoms with Gasteiger partial charge in [-0.1, -0.05) is 60.2 Å². The monoisotopic (exact) mass is 400 g/mol. The largest absolute Gasteiger partial charge is 0.477 e. The first kappa shape index (κ1) is 19.2. The van der Waals surface area contributed by atoms with Crippen molar-refractivity contribution >= 4 is 29.5 Å². The molecule has 150 valence electrons. The minimum absolute atomic E-state index is 0.00454. The lowest BCUT2D eigenvalue weighted by Crippen LogP contribution is -2.24. The molecule has 0 bridgehead atoms. The Kier molecular flexibility index (Phi) is 5.17. The zero-order chi connectivity index (χ0) is 21.1. The second-order valence-electron chi connectivity index (χ2n) is 6.94. The molecule has 0 saturated carbocycles. The lowest BCUT2D eigenvalue weighted by Gasteiger charge is -2.22. The van der Waals surface area contributed by atoms with Crippen LogP contribution in [0.4, 0.5) is 11.5 Å². The lowest BCUT2D eigenvalue weighted by atomic mass is 10.1. The van der Waals surface area contributed by atoms with Crippen LogP contribution < -0.4 is 10.6 Å². The number of benzene rings is 2. The maximum Gasteiger partial charge on any atom is 0.352 e. The molecule has 0 aliphatic carbocycles. The molecule has 0 radical (unpaired) electrons. The van der Waals surface area contributed by atoms with E-state index in [1.54, 1.807) is 10.8 Å². The zero-order valence-electron chi connectivity index (χ0n) is 16.2. The quantitative estimate of drug-likeness (QED) is 0.599. The number of amides is 1. The van der Waals surface area contributed by atoms with Crippen LogP contribution in [0.15, 0.2) is 78.6 Å². The van der Waals surface area contributed by atoms with E-state index in [0.717, 1.165) is 11.1 Å². The highest BCUT2D eigenvalue weighted by molar-refractivity contribution is 6.08. The number of aliphatic carboxylic acids is 1. The second-order valence-corrected chi connectivity index (χ2v) is 6.94. The molecule has 1 aromatic heterocycles. The summed E-state index contributed by atoms with van der Waals surface area (Å²) in [4.78, 5) is 24.4. The fourth-order valence-electron chi connectivity index (χ4n) is 3.16. The van der Waals surface area contributed by atoms with Gasteiger partial charge in [0, 0.05) is 5.69 Å². The number of carbonyl (C=O) groups excluding carboxylic acids is 1. The summed E-state index contributed by atoms with van der Waals surface area (Å²) in [6.07, 6.45) is 6.73. The van der Waals surface area contributed by atoms with Crippen molar-refractivity contribution in [1.82, 2.24) is 9.78 Å². The standard InChI is InChI=1S/C23H20N4O3/c1-15-7-10-17(11-8-15)25-22(28)19-14-24-27-18(12-9-16-5-3-2-4-6-16)13-20(23(29)30)26-21(19)27/h2-14,18,26H,1H3,(H,25,28)(H,29,30)/b12-9+/t18-/m1/s1. The van der Waals surface area contributed by atoms with Gasteiger partial charge in [-0.25, -0.2) is 9.48 Å². The van der Waals surface area contributed by atoms with Crippen LogP contribution in [0.25, 0.3) is 6.08 Å². The van der Waals surface area contributed by atoms with Crippen LogP contribution >= 0.6 is 0 Å². The van der Waals surface area contributed by atoms with Crippen LogP contribution in [0.2, 0.25) is 0 Å². The Labute approximate surface area is 173 Å². The molecule has 4 rings (SSSR count). The van der Waals surface area contributed by atoms with Crippen molar-refractivity contribution in [2.45, 2.75) is 13.0 Å². The van der Waals surface area contributed by atoms with Gasteiger partial charge in [0.05, 0.1) is 12.2 Å². The number of carbonyl (C=O) groups is 2. The Hall–Kier alpha value is -4.13. The predicted octanol–water partition coefficient (Wildman–Crippen LogP) is 4.09. The van der Waals surface area contributed by atoms with E-state index in [9.17, 15) is 14.7 Å². The zero-order valence-corrected chi connectivity index (χ0v) is 16.2. The van der Waals surface area contributed by atoms with Gasteiger partial charge in [0.25, 0.3) is 5.91 Å². The van der Waals surface area contributed by atoms with Crippen LogP contribution in [0.3, 0.4) is 0 Å². The van der Waals surface area contributed by atoms with Gasteiger partial charge < -0.3 is 15.7 Å². The van der Waals surface area contributed by atoms with E-state index in [1.807, 2.05) is 73.7 Å². The summed E-state index contributed by atoms with van der Waals surface area (Å²) in [7, 11) is 0. The summed E-state index contributed by atoms with van der Waals surface area (Å²) >= 11 is 0. The molecule has 3 aromatic rings. The smallest absolute Gasteiger partial charge is 0.352 e. The van der Waals surface area contributed by atoms with E-state index in [4.69, 9.17) is 0 Å². The van der Waals surface area contributed by atoms with Crippen molar-refractivity contribution in [3.63, 3.8) is 0 Å². The van der Waals surface area contributed by atoms with E-state index in [2.05, 4.69) is 15.7 Å². The fraction of sp³-hybridized carbons (Fsp3) is 0.0870. The summed E-state index contributed by atoms with van der Waals surface area (Å²) in [5, 5.41) is 19.5. The summed E-state index contributed by atoms with van der Waals surface area (Å²) in [5.41, 5.74) is 2.97. The molecule has 7 heteroatoms. The van der Waals surface area contributed by atoms with Gasteiger partial charge in [0.15, 0.2) is 0 Å². The van der Waals surface area contributed by atoms with E-state index in [-0.39, 0.29) is 17.2 Å². The number of fused-ring (bicyclic) bond motifs is 1. The van der Waals surface area contributed by atoms with Gasteiger partial charge in [-0.2, -0.15) is 5.10 Å². The average molecular weight is 400 g/mol. The molecular weight excluding hydrogens is 380 g/mol. The van der Waals surface area contributed by atoms with Gasteiger partial charge in [-0.05, 0) is 30.7 Å². The lowest BCUT2D eigenvalue weighted by molar-refractivity contribution is -0.132. The first-order valence-corrected chi connectivity index (χ1v) is 9.42. The molecule has 1 amide bonds. The molecule has 2 heterocycles. The number of hydrogen-bond acceptors (Lipinski definition) is 4. The molecule has 0 saturated heterocycles. The molecule has 1 aliphatic heterocycles. The first-order valence-electron chi connectivity index (χ1n) is 9.42. The van der Waals surface area contributed by atoms with Crippen LogP contribution in [-0.2, 0) is 4.79 Å². The predicted molar refractivity (Wildman–Crippen MR) is 115 cm³/mol. The maximum atomic E-state index is 12.8. The number of carboxylic acid groups (broad SMARTS) is 1. The maximum absolute atomic E-state index is 12.8. The van der Waals surface area contributed by atoms with Gasteiger partial charge in [-0.3, -0.25) is 4.79 Å². The van der Waals surface area contributed by atoms with Gasteiger partial charge >= 0.3 is 5.97 Å². The van der Waals surface area contributed by atoms with Crippen LogP contribution in [0.1, 0.15) is 27.5 Å². The molecule has 3 N–H and O–H groups in total.